The minimum absolute atomic E-state index is 0.0656. The summed E-state index contributed by atoms with van der Waals surface area (Å²) in [6, 6.07) is 11.6. The standard InChI is InChI=1S/C24H34N6O2/c1-2-27-14-16-28(17-15-27)11-6-10-25-23(31)21-18-22-24(32)29(12-7-13-30(22)26-21)19-20-8-4-3-5-9-20/h3-5,8-9,18H,2,6-7,10-17,19H2,1H3,(H,25,31). The zero-order valence-corrected chi connectivity index (χ0v) is 19.0. The number of hydrogen-bond donors (Lipinski definition) is 1. The number of benzene rings is 1. The third-order valence-electron chi connectivity index (χ3n) is 6.38. The van der Waals surface area contributed by atoms with E-state index in [2.05, 4.69) is 27.1 Å². The number of hydrogen-bond acceptors (Lipinski definition) is 5. The Balaban J connectivity index is 1.28. The van der Waals surface area contributed by atoms with Crippen molar-refractivity contribution in [3.8, 4) is 0 Å². The van der Waals surface area contributed by atoms with Crippen LogP contribution in [0.1, 0.15) is 46.3 Å². The van der Waals surface area contributed by atoms with E-state index < -0.39 is 0 Å². The number of nitrogens with zero attached hydrogens (tertiary/aromatic N) is 5. The molecule has 2 aromatic rings. The molecule has 0 saturated carbocycles. The monoisotopic (exact) mass is 438 g/mol. The Morgan fingerprint density at radius 3 is 2.53 bits per heavy atom. The molecule has 2 aliphatic heterocycles. The number of nitrogens with one attached hydrogen (secondary N) is 1. The van der Waals surface area contributed by atoms with Gasteiger partial charge < -0.3 is 20.0 Å². The average Bonchev–Trinajstić information content (AvgIpc) is 3.20. The maximum Gasteiger partial charge on any atom is 0.272 e. The Hall–Kier alpha value is -2.71. The second-order valence-corrected chi connectivity index (χ2v) is 8.59. The second-order valence-electron chi connectivity index (χ2n) is 8.59. The smallest absolute Gasteiger partial charge is 0.272 e. The van der Waals surface area contributed by atoms with E-state index in [1.54, 1.807) is 10.7 Å². The van der Waals surface area contributed by atoms with E-state index in [0.717, 1.165) is 57.7 Å². The predicted octanol–water partition coefficient (Wildman–Crippen LogP) is 1.69. The van der Waals surface area contributed by atoms with Gasteiger partial charge in [-0.2, -0.15) is 5.10 Å². The fourth-order valence-electron chi connectivity index (χ4n) is 4.42. The Morgan fingerprint density at radius 1 is 1.03 bits per heavy atom. The second kappa shape index (κ2) is 10.7. The van der Waals surface area contributed by atoms with Crippen molar-refractivity contribution in [1.29, 1.82) is 0 Å². The number of likely N-dealkylation sites (N-methyl/N-ethyl adjacent to an activating group) is 1. The molecule has 4 rings (SSSR count). The Morgan fingerprint density at radius 2 is 1.78 bits per heavy atom. The van der Waals surface area contributed by atoms with E-state index in [1.165, 1.54) is 0 Å². The summed E-state index contributed by atoms with van der Waals surface area (Å²) in [5, 5.41) is 7.40. The number of fused-ring (bicyclic) bond motifs is 1. The third-order valence-corrected chi connectivity index (χ3v) is 6.38. The van der Waals surface area contributed by atoms with Crippen LogP contribution in [0.2, 0.25) is 0 Å². The minimum Gasteiger partial charge on any atom is -0.351 e. The quantitative estimate of drug-likeness (QED) is 0.635. The number of rotatable bonds is 8. The lowest BCUT2D eigenvalue weighted by Crippen LogP contribution is -2.46. The first-order valence-electron chi connectivity index (χ1n) is 11.8. The molecule has 0 radical (unpaired) electrons. The number of amides is 2. The Labute approximate surface area is 190 Å². The first kappa shape index (κ1) is 22.5. The first-order chi connectivity index (χ1) is 15.6. The molecule has 1 aromatic heterocycles. The topological polar surface area (TPSA) is 73.7 Å². The number of carbonyl (C=O) groups excluding carboxylic acids is 2. The van der Waals surface area contributed by atoms with Crippen LogP contribution in [0, 0.1) is 0 Å². The maximum absolute atomic E-state index is 13.1. The molecule has 0 bridgehead atoms. The van der Waals surface area contributed by atoms with Crippen LogP contribution in [0.4, 0.5) is 0 Å². The van der Waals surface area contributed by atoms with Crippen LogP contribution < -0.4 is 5.32 Å². The molecule has 0 unspecified atom stereocenters. The van der Waals surface area contributed by atoms with Gasteiger partial charge in [0.25, 0.3) is 11.8 Å². The Kier molecular flexibility index (Phi) is 7.55. The summed E-state index contributed by atoms with van der Waals surface area (Å²) in [5.41, 5.74) is 1.92. The van der Waals surface area contributed by atoms with Crippen LogP contribution >= 0.6 is 0 Å². The van der Waals surface area contributed by atoms with Crippen LogP contribution in [-0.4, -0.2) is 88.7 Å². The van der Waals surface area contributed by atoms with Gasteiger partial charge >= 0.3 is 0 Å². The van der Waals surface area contributed by atoms with Crippen LogP contribution in [0.25, 0.3) is 0 Å². The lowest BCUT2D eigenvalue weighted by Gasteiger charge is -2.33. The molecule has 2 amide bonds. The van der Waals surface area contributed by atoms with Gasteiger partial charge in [-0.25, -0.2) is 0 Å². The molecule has 8 nitrogen and oxygen atoms in total. The van der Waals surface area contributed by atoms with Crippen LogP contribution in [0.15, 0.2) is 36.4 Å². The number of piperazine rings is 1. The number of aryl methyl sites for hydroxylation is 1. The molecule has 2 aliphatic rings. The molecule has 0 aliphatic carbocycles. The highest BCUT2D eigenvalue weighted by molar-refractivity contribution is 5.98. The van der Waals surface area contributed by atoms with Crippen LogP contribution in [-0.2, 0) is 13.1 Å². The fourth-order valence-corrected chi connectivity index (χ4v) is 4.42. The predicted molar refractivity (Wildman–Crippen MR) is 124 cm³/mol. The van der Waals surface area contributed by atoms with E-state index in [9.17, 15) is 9.59 Å². The summed E-state index contributed by atoms with van der Waals surface area (Å²) in [4.78, 5) is 32.5. The van der Waals surface area contributed by atoms with Crippen LogP contribution in [0.5, 0.6) is 0 Å². The summed E-state index contributed by atoms with van der Waals surface area (Å²) in [6.07, 6.45) is 1.73. The van der Waals surface area contributed by atoms with Crippen molar-refractivity contribution in [1.82, 2.24) is 29.8 Å². The molecule has 172 valence electrons. The highest BCUT2D eigenvalue weighted by Crippen LogP contribution is 2.16. The van der Waals surface area contributed by atoms with Crippen molar-refractivity contribution in [3.63, 3.8) is 0 Å². The van der Waals surface area contributed by atoms with Gasteiger partial charge in [-0.3, -0.25) is 14.3 Å². The van der Waals surface area contributed by atoms with Gasteiger partial charge in [0.15, 0.2) is 5.69 Å². The van der Waals surface area contributed by atoms with E-state index in [-0.39, 0.29) is 11.8 Å². The SMILES string of the molecule is CCN1CCN(CCCNC(=O)c2cc3n(n2)CCCN(Cc2ccccc2)C3=O)CC1. The molecule has 1 saturated heterocycles. The largest absolute Gasteiger partial charge is 0.351 e. The van der Waals surface area contributed by atoms with Crippen molar-refractivity contribution < 1.29 is 9.59 Å². The van der Waals surface area contributed by atoms with Crippen LogP contribution in [0.3, 0.4) is 0 Å². The summed E-state index contributed by atoms with van der Waals surface area (Å²) in [6.45, 7) is 11.3. The summed E-state index contributed by atoms with van der Waals surface area (Å²) in [5.74, 6) is -0.270. The fraction of sp³-hybridized carbons (Fsp3) is 0.542. The summed E-state index contributed by atoms with van der Waals surface area (Å²) in [7, 11) is 0. The van der Waals surface area contributed by atoms with Crippen molar-refractivity contribution in [2.24, 2.45) is 0 Å². The van der Waals surface area contributed by atoms with E-state index in [0.29, 0.717) is 37.6 Å². The maximum atomic E-state index is 13.1. The molecule has 8 heteroatoms. The van der Waals surface area contributed by atoms with Crippen molar-refractivity contribution in [2.75, 3.05) is 52.4 Å². The number of carbonyl (C=O) groups is 2. The van der Waals surface area contributed by atoms with Gasteiger partial charge in [0, 0.05) is 58.4 Å². The molecular weight excluding hydrogens is 404 g/mol. The van der Waals surface area contributed by atoms with E-state index >= 15 is 0 Å². The van der Waals surface area contributed by atoms with E-state index in [1.807, 2.05) is 35.2 Å². The molecule has 1 N–H and O–H groups in total. The molecular formula is C24H34N6O2. The molecule has 1 aromatic carbocycles. The van der Waals surface area contributed by atoms with Gasteiger partial charge in [0.1, 0.15) is 5.69 Å². The van der Waals surface area contributed by atoms with Crippen molar-refractivity contribution in [2.45, 2.75) is 32.9 Å². The first-order valence-corrected chi connectivity index (χ1v) is 11.8. The van der Waals surface area contributed by atoms with Crippen molar-refractivity contribution in [3.05, 3.63) is 53.3 Å². The lowest BCUT2D eigenvalue weighted by molar-refractivity contribution is 0.0745. The lowest BCUT2D eigenvalue weighted by atomic mass is 10.2. The molecule has 32 heavy (non-hydrogen) atoms. The summed E-state index contributed by atoms with van der Waals surface area (Å²) < 4.78 is 1.69. The number of aromatic nitrogens is 2. The average molecular weight is 439 g/mol. The zero-order chi connectivity index (χ0) is 22.3. The van der Waals surface area contributed by atoms with Gasteiger partial charge in [0.2, 0.25) is 0 Å². The molecule has 0 atom stereocenters. The van der Waals surface area contributed by atoms with E-state index in [4.69, 9.17) is 0 Å². The minimum atomic E-state index is -0.205. The molecule has 1 fully saturated rings. The highest BCUT2D eigenvalue weighted by Gasteiger charge is 2.26. The van der Waals surface area contributed by atoms with Crippen molar-refractivity contribution >= 4 is 11.8 Å². The normalized spacial score (nSPS) is 17.8. The van der Waals surface area contributed by atoms with Gasteiger partial charge in [-0.05, 0) is 31.5 Å². The van der Waals surface area contributed by atoms with Gasteiger partial charge in [-0.15, -0.1) is 0 Å². The third kappa shape index (κ3) is 5.55. The molecule has 0 spiro atoms. The highest BCUT2D eigenvalue weighted by atomic mass is 16.2. The molecule has 3 heterocycles. The summed E-state index contributed by atoms with van der Waals surface area (Å²) >= 11 is 0. The zero-order valence-electron chi connectivity index (χ0n) is 19.0. The van der Waals surface area contributed by atoms with Gasteiger partial charge in [-0.1, -0.05) is 37.3 Å². The Bertz CT molecular complexity index is 904. The van der Waals surface area contributed by atoms with Gasteiger partial charge in [0.05, 0.1) is 0 Å².